The van der Waals surface area contributed by atoms with Crippen LogP contribution >= 0.6 is 11.8 Å². The van der Waals surface area contributed by atoms with Gasteiger partial charge in [-0.05, 0) is 54.2 Å². The van der Waals surface area contributed by atoms with E-state index in [0.717, 1.165) is 41.2 Å². The SMILES string of the molecule is CCCCCn1cnc(CNc2ccc(C(=O)N[C@@H](CCSC)C(=O)OC)c(-c3ccccc3)c2)c1. The standard InChI is InChI=1S/C28H36N4O3S/c1-4-5-9-15-32-19-23(30-20-32)18-29-22-12-13-24(25(17-22)21-10-7-6-8-11-21)27(33)31-26(14-16-36-3)28(34)35-2/h6-8,10-13,17,19-20,26,29H,4-5,9,14-16,18H2,1-3H3,(H,31,33)/t26-/m0/s1. The van der Waals surface area contributed by atoms with Crippen LogP contribution in [0.2, 0.25) is 0 Å². The molecule has 0 bridgehead atoms. The first-order valence-corrected chi connectivity index (χ1v) is 13.8. The van der Waals surface area contributed by atoms with Crippen molar-refractivity contribution >= 4 is 29.3 Å². The average molecular weight is 509 g/mol. The van der Waals surface area contributed by atoms with E-state index in [9.17, 15) is 9.59 Å². The van der Waals surface area contributed by atoms with E-state index >= 15 is 0 Å². The zero-order valence-electron chi connectivity index (χ0n) is 21.3. The molecule has 0 spiro atoms. The van der Waals surface area contributed by atoms with Gasteiger partial charge in [0.05, 0.1) is 25.7 Å². The Morgan fingerprint density at radius 3 is 2.67 bits per heavy atom. The fourth-order valence-electron chi connectivity index (χ4n) is 3.93. The second-order valence-corrected chi connectivity index (χ2v) is 9.61. The normalized spacial score (nSPS) is 11.6. The molecule has 192 valence electrons. The van der Waals surface area contributed by atoms with Crippen LogP contribution in [0, 0.1) is 0 Å². The number of aromatic nitrogens is 2. The lowest BCUT2D eigenvalue weighted by molar-refractivity contribution is -0.142. The van der Waals surface area contributed by atoms with Gasteiger partial charge in [-0.25, -0.2) is 9.78 Å². The lowest BCUT2D eigenvalue weighted by atomic mass is 9.98. The number of benzene rings is 2. The summed E-state index contributed by atoms with van der Waals surface area (Å²) in [5, 5.41) is 6.30. The molecule has 1 atom stereocenters. The van der Waals surface area contributed by atoms with E-state index in [0.29, 0.717) is 18.5 Å². The van der Waals surface area contributed by atoms with Crippen molar-refractivity contribution in [1.29, 1.82) is 0 Å². The number of carbonyl (C=O) groups is 2. The average Bonchev–Trinajstić information content (AvgIpc) is 3.37. The molecule has 2 aromatic carbocycles. The molecular weight excluding hydrogens is 472 g/mol. The van der Waals surface area contributed by atoms with E-state index in [1.165, 1.54) is 20.0 Å². The van der Waals surface area contributed by atoms with E-state index in [4.69, 9.17) is 4.74 Å². The van der Waals surface area contributed by atoms with Crippen LogP contribution in [0.1, 0.15) is 48.7 Å². The molecule has 0 unspecified atom stereocenters. The number of carbonyl (C=O) groups excluding carboxylic acids is 2. The molecule has 0 fully saturated rings. The molecule has 1 amide bonds. The van der Waals surface area contributed by atoms with Crippen molar-refractivity contribution in [2.45, 2.75) is 51.7 Å². The first-order chi connectivity index (χ1) is 17.5. The highest BCUT2D eigenvalue weighted by atomic mass is 32.2. The molecule has 0 aliphatic carbocycles. The summed E-state index contributed by atoms with van der Waals surface area (Å²) in [6, 6.07) is 14.7. The van der Waals surface area contributed by atoms with E-state index in [1.54, 1.807) is 17.8 Å². The molecule has 0 saturated heterocycles. The molecule has 36 heavy (non-hydrogen) atoms. The monoisotopic (exact) mass is 508 g/mol. The van der Waals surface area contributed by atoms with Crippen LogP contribution in [0.15, 0.2) is 61.1 Å². The highest BCUT2D eigenvalue weighted by Crippen LogP contribution is 2.27. The number of anilines is 1. The molecule has 0 saturated carbocycles. The summed E-state index contributed by atoms with van der Waals surface area (Å²) in [6.45, 7) is 3.76. The quantitative estimate of drug-likeness (QED) is 0.225. The van der Waals surface area contributed by atoms with Crippen molar-refractivity contribution in [3.8, 4) is 11.1 Å². The number of nitrogens with one attached hydrogen (secondary N) is 2. The minimum atomic E-state index is -0.691. The van der Waals surface area contributed by atoms with Gasteiger partial charge in [0, 0.05) is 24.0 Å². The van der Waals surface area contributed by atoms with Crippen molar-refractivity contribution in [2.24, 2.45) is 0 Å². The van der Waals surface area contributed by atoms with Gasteiger partial charge in [0.1, 0.15) is 6.04 Å². The molecule has 0 radical (unpaired) electrons. The smallest absolute Gasteiger partial charge is 0.328 e. The summed E-state index contributed by atoms with van der Waals surface area (Å²) < 4.78 is 7.03. The van der Waals surface area contributed by atoms with Crippen LogP contribution in [0.5, 0.6) is 0 Å². The Morgan fingerprint density at radius 1 is 1.14 bits per heavy atom. The minimum absolute atomic E-state index is 0.303. The summed E-state index contributed by atoms with van der Waals surface area (Å²) in [7, 11) is 1.34. The van der Waals surface area contributed by atoms with Gasteiger partial charge in [-0.1, -0.05) is 50.1 Å². The Hall–Kier alpha value is -3.26. The maximum atomic E-state index is 13.3. The van der Waals surface area contributed by atoms with E-state index < -0.39 is 12.0 Å². The Balaban J connectivity index is 1.78. The van der Waals surface area contributed by atoms with Gasteiger partial charge in [-0.3, -0.25) is 4.79 Å². The number of nitrogens with zero attached hydrogens (tertiary/aromatic N) is 2. The zero-order valence-corrected chi connectivity index (χ0v) is 22.1. The van der Waals surface area contributed by atoms with E-state index in [-0.39, 0.29) is 5.91 Å². The zero-order chi connectivity index (χ0) is 25.8. The number of thioether (sulfide) groups is 1. The number of hydrogen-bond donors (Lipinski definition) is 2. The van der Waals surface area contributed by atoms with Gasteiger partial charge in [0.25, 0.3) is 5.91 Å². The van der Waals surface area contributed by atoms with Crippen LogP contribution < -0.4 is 10.6 Å². The molecule has 3 rings (SSSR count). The molecule has 8 heteroatoms. The minimum Gasteiger partial charge on any atom is -0.467 e. The van der Waals surface area contributed by atoms with Crippen LogP contribution in [0.4, 0.5) is 5.69 Å². The number of methoxy groups -OCH3 is 1. The molecule has 1 aromatic heterocycles. The maximum Gasteiger partial charge on any atom is 0.328 e. The molecule has 0 aliphatic rings. The second kappa shape index (κ2) is 14.3. The molecule has 1 heterocycles. The topological polar surface area (TPSA) is 85.3 Å². The second-order valence-electron chi connectivity index (χ2n) is 8.62. The van der Waals surface area contributed by atoms with Gasteiger partial charge in [-0.2, -0.15) is 11.8 Å². The number of aryl methyl sites for hydroxylation is 1. The van der Waals surface area contributed by atoms with Crippen LogP contribution in [0.3, 0.4) is 0 Å². The molecule has 0 aliphatic heterocycles. The lowest BCUT2D eigenvalue weighted by Gasteiger charge is -2.18. The highest BCUT2D eigenvalue weighted by molar-refractivity contribution is 7.98. The lowest BCUT2D eigenvalue weighted by Crippen LogP contribution is -2.42. The molecular formula is C28H36N4O3S. The Labute approximate surface area is 218 Å². The summed E-state index contributed by atoms with van der Waals surface area (Å²) in [4.78, 5) is 30.0. The Morgan fingerprint density at radius 2 is 1.94 bits per heavy atom. The van der Waals surface area contributed by atoms with Crippen LogP contribution in [-0.2, 0) is 22.6 Å². The van der Waals surface area contributed by atoms with Gasteiger partial charge >= 0.3 is 5.97 Å². The largest absolute Gasteiger partial charge is 0.467 e. The third kappa shape index (κ3) is 7.88. The summed E-state index contributed by atoms with van der Waals surface area (Å²) in [5.41, 5.74) is 4.06. The number of hydrogen-bond acceptors (Lipinski definition) is 6. The number of amides is 1. The number of unbranched alkanes of at least 4 members (excludes halogenated alkanes) is 2. The van der Waals surface area contributed by atoms with Crippen molar-refractivity contribution in [3.63, 3.8) is 0 Å². The highest BCUT2D eigenvalue weighted by Gasteiger charge is 2.23. The van der Waals surface area contributed by atoms with E-state index in [2.05, 4.69) is 33.3 Å². The Bertz CT molecular complexity index is 1120. The molecule has 3 aromatic rings. The summed E-state index contributed by atoms with van der Waals surface area (Å²) >= 11 is 1.62. The molecule has 7 nitrogen and oxygen atoms in total. The maximum absolute atomic E-state index is 13.3. The first-order valence-electron chi connectivity index (χ1n) is 12.4. The number of imidazole rings is 1. The van der Waals surface area contributed by atoms with Gasteiger partial charge in [-0.15, -0.1) is 0 Å². The fraction of sp³-hybridized carbons (Fsp3) is 0.393. The van der Waals surface area contributed by atoms with Crippen molar-refractivity contribution in [1.82, 2.24) is 14.9 Å². The van der Waals surface area contributed by atoms with Gasteiger partial charge < -0.3 is 19.9 Å². The van der Waals surface area contributed by atoms with Crippen LogP contribution in [-0.4, -0.2) is 46.6 Å². The first kappa shape index (κ1) is 27.3. The van der Waals surface area contributed by atoms with Gasteiger partial charge in [0.15, 0.2) is 0 Å². The van der Waals surface area contributed by atoms with Crippen molar-refractivity contribution in [2.75, 3.05) is 24.4 Å². The van der Waals surface area contributed by atoms with Crippen molar-refractivity contribution in [3.05, 3.63) is 72.3 Å². The number of ether oxygens (including phenoxy) is 1. The third-order valence-electron chi connectivity index (χ3n) is 5.93. The fourth-order valence-corrected chi connectivity index (χ4v) is 4.40. The summed E-state index contributed by atoms with van der Waals surface area (Å²) in [5.74, 6) is -0.00294. The summed E-state index contributed by atoms with van der Waals surface area (Å²) in [6.07, 6.45) is 9.98. The van der Waals surface area contributed by atoms with Crippen LogP contribution in [0.25, 0.3) is 11.1 Å². The third-order valence-corrected chi connectivity index (χ3v) is 6.57. The van der Waals surface area contributed by atoms with Crippen molar-refractivity contribution < 1.29 is 14.3 Å². The van der Waals surface area contributed by atoms with E-state index in [1.807, 2.05) is 55.0 Å². The molecule has 2 N–H and O–H groups in total. The number of rotatable bonds is 14. The predicted molar refractivity (Wildman–Crippen MR) is 147 cm³/mol. The van der Waals surface area contributed by atoms with Gasteiger partial charge in [0.2, 0.25) is 0 Å². The number of esters is 1. The Kier molecular flexibility index (Phi) is 10.9. The predicted octanol–water partition coefficient (Wildman–Crippen LogP) is 5.38.